The molecule has 36 heavy (non-hydrogen) atoms. The molecule has 9 heteroatoms. The number of para-hydroxylation sites is 2. The summed E-state index contributed by atoms with van der Waals surface area (Å²) < 4.78 is 12.7. The number of nitrogens with zero attached hydrogens (tertiary/aromatic N) is 3. The minimum absolute atomic E-state index is 0.182. The zero-order chi connectivity index (χ0) is 25.6. The fourth-order valence-electron chi connectivity index (χ4n) is 4.84. The smallest absolute Gasteiger partial charge is 0.338 e. The van der Waals surface area contributed by atoms with Crippen molar-refractivity contribution in [2.75, 3.05) is 25.2 Å². The molecule has 3 heterocycles. The van der Waals surface area contributed by atoms with Gasteiger partial charge in [-0.2, -0.15) is 0 Å². The van der Waals surface area contributed by atoms with E-state index in [1.54, 1.807) is 31.9 Å². The van der Waals surface area contributed by atoms with Gasteiger partial charge < -0.3 is 14.4 Å². The summed E-state index contributed by atoms with van der Waals surface area (Å²) in [5, 5.41) is 0. The van der Waals surface area contributed by atoms with Gasteiger partial charge in [0.15, 0.2) is 4.80 Å². The molecule has 1 atom stereocenters. The Morgan fingerprint density at radius 3 is 2.53 bits per heavy atom. The largest absolute Gasteiger partial charge is 0.496 e. The van der Waals surface area contributed by atoms with Crippen molar-refractivity contribution >= 4 is 34.5 Å². The van der Waals surface area contributed by atoms with Gasteiger partial charge in [-0.3, -0.25) is 14.2 Å². The summed E-state index contributed by atoms with van der Waals surface area (Å²) >= 11 is 1.15. The van der Waals surface area contributed by atoms with Crippen LogP contribution in [0, 0.1) is 0 Å². The molecule has 0 aliphatic carbocycles. The molecular formula is C27H25N3O5S. The third-order valence-corrected chi connectivity index (χ3v) is 7.45. The highest BCUT2D eigenvalue weighted by atomic mass is 32.1. The Hall–Kier alpha value is -3.98. The number of hydrogen-bond donors (Lipinski definition) is 0. The van der Waals surface area contributed by atoms with Crippen molar-refractivity contribution in [3.63, 3.8) is 0 Å². The number of methoxy groups -OCH3 is 1. The van der Waals surface area contributed by atoms with Crippen LogP contribution >= 0.6 is 11.3 Å². The van der Waals surface area contributed by atoms with Crippen molar-refractivity contribution in [3.8, 4) is 5.75 Å². The van der Waals surface area contributed by atoms with Crippen LogP contribution in [0.15, 0.2) is 69.6 Å². The summed E-state index contributed by atoms with van der Waals surface area (Å²) in [5.41, 5.74) is 2.80. The topological polar surface area (TPSA) is 90.2 Å². The van der Waals surface area contributed by atoms with E-state index in [4.69, 9.17) is 9.47 Å². The molecule has 0 N–H and O–H groups in total. The predicted octanol–water partition coefficient (Wildman–Crippen LogP) is 2.54. The number of fused-ring (bicyclic) bond motifs is 2. The fraction of sp³-hybridized carbons (Fsp3) is 0.259. The number of anilines is 1. The number of aromatic nitrogens is 1. The number of allylic oxidation sites excluding steroid dienone is 1. The Labute approximate surface area is 211 Å². The van der Waals surface area contributed by atoms with Crippen LogP contribution in [0.1, 0.15) is 37.9 Å². The van der Waals surface area contributed by atoms with Gasteiger partial charge in [-0.25, -0.2) is 9.79 Å². The molecule has 0 saturated carbocycles. The van der Waals surface area contributed by atoms with Gasteiger partial charge in [-0.1, -0.05) is 47.7 Å². The monoisotopic (exact) mass is 503 g/mol. The van der Waals surface area contributed by atoms with Crippen LogP contribution in [0.25, 0.3) is 5.57 Å². The van der Waals surface area contributed by atoms with E-state index in [9.17, 15) is 14.4 Å². The van der Waals surface area contributed by atoms with Crippen LogP contribution in [-0.2, 0) is 14.3 Å². The highest BCUT2D eigenvalue weighted by Crippen LogP contribution is 2.37. The van der Waals surface area contributed by atoms with E-state index in [0.717, 1.165) is 17.0 Å². The maximum Gasteiger partial charge on any atom is 0.338 e. The summed E-state index contributed by atoms with van der Waals surface area (Å²) in [7, 11) is 1.54. The molecule has 1 aromatic heterocycles. The average molecular weight is 504 g/mol. The molecule has 0 spiro atoms. The Morgan fingerprint density at radius 1 is 1.08 bits per heavy atom. The molecule has 3 aromatic rings. The number of benzene rings is 2. The van der Waals surface area contributed by atoms with Crippen molar-refractivity contribution < 1.29 is 19.1 Å². The Bertz CT molecular complexity index is 1610. The molecule has 1 amide bonds. The lowest BCUT2D eigenvalue weighted by atomic mass is 9.95. The van der Waals surface area contributed by atoms with Crippen LogP contribution in [0.4, 0.5) is 5.69 Å². The number of hydrogen-bond acceptors (Lipinski definition) is 7. The molecule has 0 radical (unpaired) electrons. The third kappa shape index (κ3) is 3.50. The lowest BCUT2D eigenvalue weighted by Crippen LogP contribution is -2.41. The number of thiazole rings is 1. The summed E-state index contributed by atoms with van der Waals surface area (Å²) in [5.74, 6) is -0.247. The summed E-state index contributed by atoms with van der Waals surface area (Å²) in [6.07, 6.45) is 0. The summed E-state index contributed by atoms with van der Waals surface area (Å²) in [6, 6.07) is 13.9. The predicted molar refractivity (Wildman–Crippen MR) is 137 cm³/mol. The van der Waals surface area contributed by atoms with Crippen LogP contribution < -0.4 is 24.5 Å². The van der Waals surface area contributed by atoms with E-state index in [-0.39, 0.29) is 23.6 Å². The molecule has 0 saturated heterocycles. The van der Waals surface area contributed by atoms with Crippen molar-refractivity contribution in [2.24, 2.45) is 4.99 Å². The first kappa shape index (κ1) is 23.7. The molecule has 2 aliphatic rings. The van der Waals surface area contributed by atoms with E-state index < -0.39 is 12.0 Å². The van der Waals surface area contributed by atoms with Gasteiger partial charge in [0.2, 0.25) is 0 Å². The molecule has 2 aliphatic heterocycles. The number of carbonyl (C=O) groups is 2. The number of carbonyl (C=O) groups excluding carboxylic acids is 2. The van der Waals surface area contributed by atoms with Gasteiger partial charge in [-0.15, -0.1) is 0 Å². The second-order valence-corrected chi connectivity index (χ2v) is 9.28. The highest BCUT2D eigenvalue weighted by Gasteiger charge is 2.37. The van der Waals surface area contributed by atoms with Gasteiger partial charge in [0, 0.05) is 17.7 Å². The van der Waals surface area contributed by atoms with Crippen LogP contribution in [0.5, 0.6) is 5.75 Å². The SMILES string of the molecule is CCOC(=O)C1=C(C)N=c2sc(=C3C(=O)N(CC)c4ccccc43)c(=O)n2C1c1ccccc1OC. The van der Waals surface area contributed by atoms with Crippen LogP contribution in [0.2, 0.25) is 0 Å². The molecule has 1 unspecified atom stereocenters. The molecule has 5 rings (SSSR count). The van der Waals surface area contributed by atoms with Crippen molar-refractivity contribution in [1.82, 2.24) is 4.57 Å². The molecular weight excluding hydrogens is 478 g/mol. The molecule has 8 nitrogen and oxygen atoms in total. The summed E-state index contributed by atoms with van der Waals surface area (Å²) in [6.45, 7) is 6.01. The second-order valence-electron chi connectivity index (χ2n) is 8.31. The van der Waals surface area contributed by atoms with E-state index in [0.29, 0.717) is 44.0 Å². The number of rotatable bonds is 5. The number of amides is 1. The minimum atomic E-state index is -0.820. The average Bonchev–Trinajstić information content (AvgIpc) is 3.35. The van der Waals surface area contributed by atoms with Crippen molar-refractivity contribution in [1.29, 1.82) is 0 Å². The number of ether oxygens (including phenoxy) is 2. The van der Waals surface area contributed by atoms with Gasteiger partial charge in [0.1, 0.15) is 16.3 Å². The lowest BCUT2D eigenvalue weighted by Gasteiger charge is -2.25. The van der Waals surface area contributed by atoms with Crippen molar-refractivity contribution in [2.45, 2.75) is 26.8 Å². The van der Waals surface area contributed by atoms with E-state index in [1.165, 1.54) is 4.57 Å². The van der Waals surface area contributed by atoms with Gasteiger partial charge in [0.05, 0.1) is 36.2 Å². The Kier molecular flexibility index (Phi) is 6.09. The molecule has 0 fully saturated rings. The molecule has 184 valence electrons. The second kappa shape index (κ2) is 9.23. The van der Waals surface area contributed by atoms with E-state index in [1.807, 2.05) is 49.4 Å². The zero-order valence-electron chi connectivity index (χ0n) is 20.4. The fourth-order valence-corrected chi connectivity index (χ4v) is 5.98. The number of likely N-dealkylation sites (N-methyl/N-ethyl adjacent to an activating group) is 1. The minimum Gasteiger partial charge on any atom is -0.496 e. The highest BCUT2D eigenvalue weighted by molar-refractivity contribution is 7.07. The Balaban J connectivity index is 1.85. The Morgan fingerprint density at radius 2 is 1.81 bits per heavy atom. The first-order valence-corrected chi connectivity index (χ1v) is 12.5. The van der Waals surface area contributed by atoms with E-state index >= 15 is 0 Å². The van der Waals surface area contributed by atoms with Crippen LogP contribution in [0.3, 0.4) is 0 Å². The van der Waals surface area contributed by atoms with Gasteiger partial charge in [-0.05, 0) is 32.9 Å². The maximum absolute atomic E-state index is 14.1. The number of esters is 1. The normalized spacial score (nSPS) is 18.1. The quantitative estimate of drug-likeness (QED) is 0.499. The molecule has 0 bridgehead atoms. The standard InChI is InChI=1S/C27H25N3O5S/c1-5-29-18-13-9-7-11-16(18)21(24(29)31)23-25(32)30-22(17-12-8-10-14-19(17)34-4)20(26(33)35-6-2)15(3)28-27(30)36-23/h7-14,22H,5-6H2,1-4H3. The molecule has 2 aromatic carbocycles. The van der Waals surface area contributed by atoms with E-state index in [2.05, 4.69) is 4.99 Å². The van der Waals surface area contributed by atoms with Gasteiger partial charge >= 0.3 is 5.97 Å². The van der Waals surface area contributed by atoms with Crippen molar-refractivity contribution in [3.05, 3.63) is 90.6 Å². The lowest BCUT2D eigenvalue weighted by molar-refractivity contribution is -0.139. The first-order valence-electron chi connectivity index (χ1n) is 11.7. The maximum atomic E-state index is 14.1. The zero-order valence-corrected chi connectivity index (χ0v) is 21.2. The summed E-state index contributed by atoms with van der Waals surface area (Å²) in [4.78, 5) is 47.3. The van der Waals surface area contributed by atoms with Gasteiger partial charge in [0.25, 0.3) is 11.5 Å². The third-order valence-electron chi connectivity index (χ3n) is 6.39. The van der Waals surface area contributed by atoms with Crippen LogP contribution in [-0.4, -0.2) is 36.7 Å². The first-order chi connectivity index (χ1) is 17.4.